The summed E-state index contributed by atoms with van der Waals surface area (Å²) in [5.74, 6) is -0.764. The fourth-order valence-corrected chi connectivity index (χ4v) is 2.72. The van der Waals surface area contributed by atoms with E-state index in [1.54, 1.807) is 0 Å². The number of aryl methyl sites for hydroxylation is 1. The first-order valence-corrected chi connectivity index (χ1v) is 8.16. The molecule has 0 unspecified atom stereocenters. The number of benzene rings is 1. The normalized spacial score (nSPS) is 15.0. The highest BCUT2D eigenvalue weighted by Gasteiger charge is 2.38. The molecule has 1 N–H and O–H groups in total. The summed E-state index contributed by atoms with van der Waals surface area (Å²) < 4.78 is 78.5. The highest BCUT2D eigenvalue weighted by Crippen LogP contribution is 2.42. The van der Waals surface area contributed by atoms with Crippen LogP contribution in [0, 0.1) is 0 Å². The lowest BCUT2D eigenvalue weighted by atomic mass is 10.1. The van der Waals surface area contributed by atoms with Gasteiger partial charge in [0.15, 0.2) is 5.69 Å². The number of carbonyl (C=O) groups is 1. The van der Waals surface area contributed by atoms with Crippen LogP contribution in [0.15, 0.2) is 30.3 Å². The Labute approximate surface area is 150 Å². The molecule has 1 saturated carbocycles. The Morgan fingerprint density at radius 2 is 1.78 bits per heavy atom. The van der Waals surface area contributed by atoms with Crippen LogP contribution >= 0.6 is 0 Å². The molecule has 146 valence electrons. The second-order valence-corrected chi connectivity index (χ2v) is 6.29. The van der Waals surface area contributed by atoms with Crippen molar-refractivity contribution in [3.8, 4) is 0 Å². The monoisotopic (exact) mass is 391 g/mol. The van der Waals surface area contributed by atoms with Gasteiger partial charge >= 0.3 is 12.4 Å². The van der Waals surface area contributed by atoms with Crippen molar-refractivity contribution in [3.05, 3.63) is 47.3 Å². The van der Waals surface area contributed by atoms with Gasteiger partial charge in [0.2, 0.25) is 5.91 Å². The van der Waals surface area contributed by atoms with Crippen molar-refractivity contribution in [3.63, 3.8) is 0 Å². The van der Waals surface area contributed by atoms with Crippen LogP contribution in [0.2, 0.25) is 0 Å². The highest BCUT2D eigenvalue weighted by molar-refractivity contribution is 5.91. The lowest BCUT2D eigenvalue weighted by Crippen LogP contribution is -2.19. The third-order valence-corrected chi connectivity index (χ3v) is 4.15. The number of rotatable bonds is 5. The summed E-state index contributed by atoms with van der Waals surface area (Å²) in [5, 5.41) is 5.68. The summed E-state index contributed by atoms with van der Waals surface area (Å²) in [6, 6.07) is 5.46. The van der Waals surface area contributed by atoms with Gasteiger partial charge in [0.05, 0.1) is 11.3 Å². The minimum atomic E-state index is -4.63. The van der Waals surface area contributed by atoms with Crippen molar-refractivity contribution in [2.24, 2.45) is 0 Å². The first-order chi connectivity index (χ1) is 12.6. The minimum absolute atomic E-state index is 0.0254. The van der Waals surface area contributed by atoms with E-state index in [0.29, 0.717) is 5.69 Å². The Morgan fingerprint density at radius 1 is 1.11 bits per heavy atom. The molecule has 0 spiro atoms. The van der Waals surface area contributed by atoms with Crippen LogP contribution < -0.4 is 5.32 Å². The molecule has 1 amide bonds. The van der Waals surface area contributed by atoms with Gasteiger partial charge in [-0.1, -0.05) is 12.1 Å². The van der Waals surface area contributed by atoms with Gasteiger partial charge in [-0.15, -0.1) is 0 Å². The number of halogens is 6. The third-order valence-electron chi connectivity index (χ3n) is 4.15. The first kappa shape index (κ1) is 19.2. The Bertz CT molecular complexity index is 836. The van der Waals surface area contributed by atoms with Crippen LogP contribution in [0.4, 0.5) is 32.0 Å². The second-order valence-electron chi connectivity index (χ2n) is 6.29. The summed E-state index contributed by atoms with van der Waals surface area (Å²) in [6.07, 6.45) is -8.04. The van der Waals surface area contributed by atoms with Crippen LogP contribution in [0.1, 0.15) is 42.1 Å². The fraction of sp³-hybridized carbons (Fsp3) is 0.412. The Kier molecular flexibility index (Phi) is 4.92. The van der Waals surface area contributed by atoms with Gasteiger partial charge in [-0.05, 0) is 31.0 Å². The van der Waals surface area contributed by atoms with Crippen molar-refractivity contribution >= 4 is 11.6 Å². The van der Waals surface area contributed by atoms with Gasteiger partial charge in [-0.2, -0.15) is 31.4 Å². The van der Waals surface area contributed by atoms with E-state index in [-0.39, 0.29) is 18.9 Å². The number of aromatic nitrogens is 2. The van der Waals surface area contributed by atoms with Gasteiger partial charge in [0.25, 0.3) is 0 Å². The van der Waals surface area contributed by atoms with Crippen molar-refractivity contribution in [1.82, 2.24) is 9.78 Å². The summed E-state index contributed by atoms with van der Waals surface area (Å²) in [4.78, 5) is 12.0. The molecule has 0 aliphatic heterocycles. The van der Waals surface area contributed by atoms with Crippen molar-refractivity contribution < 1.29 is 31.1 Å². The van der Waals surface area contributed by atoms with E-state index in [4.69, 9.17) is 0 Å². The molecule has 27 heavy (non-hydrogen) atoms. The van der Waals surface area contributed by atoms with E-state index in [1.165, 1.54) is 12.1 Å². The van der Waals surface area contributed by atoms with Gasteiger partial charge in [-0.25, -0.2) is 0 Å². The molecule has 1 aliphatic carbocycles. The molecule has 0 bridgehead atoms. The van der Waals surface area contributed by atoms with Gasteiger partial charge in [-0.3, -0.25) is 9.48 Å². The number of amides is 1. The average Bonchev–Trinajstić information content (AvgIpc) is 3.30. The van der Waals surface area contributed by atoms with Crippen LogP contribution in [-0.4, -0.2) is 15.7 Å². The number of anilines is 1. The molecule has 0 atom stereocenters. The SMILES string of the molecule is O=C(CCn1nc(C(F)(F)F)cc1C1CC1)Nc1ccccc1C(F)(F)F. The number of carbonyl (C=O) groups excluding carboxylic acids is 1. The molecule has 4 nitrogen and oxygen atoms in total. The van der Waals surface area contributed by atoms with Gasteiger partial charge in [0.1, 0.15) is 0 Å². The first-order valence-electron chi connectivity index (χ1n) is 8.16. The van der Waals surface area contributed by atoms with E-state index < -0.39 is 35.2 Å². The minimum Gasteiger partial charge on any atom is -0.325 e. The molecule has 1 fully saturated rings. The molecule has 1 aromatic carbocycles. The smallest absolute Gasteiger partial charge is 0.325 e. The van der Waals surface area contributed by atoms with Crippen LogP contribution in [0.25, 0.3) is 0 Å². The molecule has 1 heterocycles. The lowest BCUT2D eigenvalue weighted by molar-refractivity contribution is -0.141. The van der Waals surface area contributed by atoms with E-state index >= 15 is 0 Å². The van der Waals surface area contributed by atoms with Crippen LogP contribution in [-0.2, 0) is 23.7 Å². The zero-order chi connectivity index (χ0) is 19.8. The molecule has 10 heteroatoms. The summed E-state index contributed by atoms with van der Waals surface area (Å²) in [5.41, 5.74) is -2.03. The molecule has 0 saturated heterocycles. The Balaban J connectivity index is 1.69. The zero-order valence-corrected chi connectivity index (χ0v) is 13.9. The van der Waals surface area contributed by atoms with E-state index in [2.05, 4.69) is 10.4 Å². The predicted molar refractivity (Wildman–Crippen MR) is 83.9 cm³/mol. The van der Waals surface area contributed by atoms with E-state index in [0.717, 1.165) is 35.7 Å². The van der Waals surface area contributed by atoms with Crippen LogP contribution in [0.5, 0.6) is 0 Å². The molecular weight excluding hydrogens is 376 g/mol. The maximum Gasteiger partial charge on any atom is 0.435 e. The van der Waals surface area contributed by atoms with Crippen molar-refractivity contribution in [2.75, 3.05) is 5.32 Å². The maximum absolute atomic E-state index is 12.9. The molecule has 3 rings (SSSR count). The fourth-order valence-electron chi connectivity index (χ4n) is 2.72. The number of hydrogen-bond donors (Lipinski definition) is 1. The Morgan fingerprint density at radius 3 is 2.37 bits per heavy atom. The standard InChI is InChI=1S/C17H15F6N3O/c18-16(19,20)11-3-1-2-4-12(11)24-15(27)7-8-26-13(10-5-6-10)9-14(25-26)17(21,22)23/h1-4,9-10H,5-8H2,(H,24,27). The van der Waals surface area contributed by atoms with Gasteiger partial charge in [0, 0.05) is 24.6 Å². The van der Waals surface area contributed by atoms with E-state index in [1.807, 2.05) is 0 Å². The average molecular weight is 391 g/mol. The van der Waals surface area contributed by atoms with Crippen LogP contribution in [0.3, 0.4) is 0 Å². The lowest BCUT2D eigenvalue weighted by Gasteiger charge is -2.13. The molecular formula is C17H15F6N3O. The highest BCUT2D eigenvalue weighted by atomic mass is 19.4. The zero-order valence-electron chi connectivity index (χ0n) is 13.9. The quantitative estimate of drug-likeness (QED) is 0.743. The molecule has 2 aromatic rings. The number of hydrogen-bond acceptors (Lipinski definition) is 2. The largest absolute Gasteiger partial charge is 0.435 e. The number of para-hydroxylation sites is 1. The van der Waals surface area contributed by atoms with Crippen molar-refractivity contribution in [1.29, 1.82) is 0 Å². The predicted octanol–water partition coefficient (Wildman–Crippen LogP) is 4.83. The topological polar surface area (TPSA) is 46.9 Å². The van der Waals surface area contributed by atoms with E-state index in [9.17, 15) is 31.1 Å². The van der Waals surface area contributed by atoms with Crippen molar-refractivity contribution in [2.45, 2.75) is 44.1 Å². The number of alkyl halides is 6. The second kappa shape index (κ2) is 6.90. The molecule has 1 aromatic heterocycles. The Hall–Kier alpha value is -2.52. The van der Waals surface area contributed by atoms with Gasteiger partial charge < -0.3 is 5.32 Å². The maximum atomic E-state index is 12.9. The number of nitrogens with zero attached hydrogens (tertiary/aromatic N) is 2. The number of nitrogens with one attached hydrogen (secondary N) is 1. The summed E-state index contributed by atoms with van der Waals surface area (Å²) >= 11 is 0. The molecule has 1 aliphatic rings. The molecule has 0 radical (unpaired) electrons. The summed E-state index contributed by atoms with van der Waals surface area (Å²) in [6.45, 7) is -0.151. The third kappa shape index (κ3) is 4.61. The summed E-state index contributed by atoms with van der Waals surface area (Å²) in [7, 11) is 0.